The second-order valence-electron chi connectivity index (χ2n) is 4.37. The highest BCUT2D eigenvalue weighted by Gasteiger charge is 2.02. The van der Waals surface area contributed by atoms with Crippen molar-refractivity contribution in [3.63, 3.8) is 0 Å². The first-order chi connectivity index (χ1) is 9.27. The van der Waals surface area contributed by atoms with Gasteiger partial charge in [-0.15, -0.1) is 0 Å². The van der Waals surface area contributed by atoms with E-state index in [1.54, 1.807) is 0 Å². The summed E-state index contributed by atoms with van der Waals surface area (Å²) in [6.45, 7) is 8.85. The van der Waals surface area contributed by atoms with Crippen LogP contribution in [0, 0.1) is 0 Å². The summed E-state index contributed by atoms with van der Waals surface area (Å²) in [6, 6.07) is 6.40. The zero-order valence-corrected chi connectivity index (χ0v) is 13.5. The number of nitrogens with one attached hydrogen (secondary N) is 1. The Kier molecular flexibility index (Phi) is 9.08. The monoisotopic (exact) mass is 329 g/mol. The van der Waals surface area contributed by atoms with Gasteiger partial charge in [0.05, 0.1) is 19.8 Å². The molecule has 0 aliphatic rings. The van der Waals surface area contributed by atoms with Crippen molar-refractivity contribution in [1.82, 2.24) is 5.32 Å². The van der Waals surface area contributed by atoms with Gasteiger partial charge in [-0.05, 0) is 30.2 Å². The van der Waals surface area contributed by atoms with Gasteiger partial charge < -0.3 is 14.8 Å². The zero-order chi connectivity index (χ0) is 13.9. The van der Waals surface area contributed by atoms with Crippen LogP contribution in [-0.2, 0) is 22.6 Å². The Labute approximate surface area is 124 Å². The average Bonchev–Trinajstić information content (AvgIpc) is 2.42. The standard InChI is InChI=1S/C15H24BrNO2/c1-3-7-18-8-9-19-12-14-6-5-13(10-15(14)16)11-17-4-2/h5-6,10,17H,3-4,7-9,11-12H2,1-2H3. The molecule has 0 radical (unpaired) electrons. The van der Waals surface area contributed by atoms with Crippen molar-refractivity contribution in [3.8, 4) is 0 Å². The fourth-order valence-corrected chi connectivity index (χ4v) is 2.17. The lowest BCUT2D eigenvalue weighted by atomic mass is 10.1. The van der Waals surface area contributed by atoms with E-state index in [9.17, 15) is 0 Å². The summed E-state index contributed by atoms with van der Waals surface area (Å²) < 4.78 is 12.1. The second-order valence-corrected chi connectivity index (χ2v) is 5.23. The van der Waals surface area contributed by atoms with Crippen LogP contribution < -0.4 is 5.32 Å². The topological polar surface area (TPSA) is 30.5 Å². The Bertz CT molecular complexity index is 358. The summed E-state index contributed by atoms with van der Waals surface area (Å²) in [4.78, 5) is 0. The van der Waals surface area contributed by atoms with Crippen LogP contribution in [0.25, 0.3) is 0 Å². The van der Waals surface area contributed by atoms with Crippen LogP contribution in [0.5, 0.6) is 0 Å². The van der Waals surface area contributed by atoms with Gasteiger partial charge in [0, 0.05) is 17.6 Å². The quantitative estimate of drug-likeness (QED) is 0.666. The SMILES string of the molecule is CCCOCCOCc1ccc(CNCC)cc1Br. The Morgan fingerprint density at radius 1 is 1.11 bits per heavy atom. The Morgan fingerprint density at radius 3 is 2.58 bits per heavy atom. The fraction of sp³-hybridized carbons (Fsp3) is 0.600. The maximum absolute atomic E-state index is 5.60. The molecule has 0 bridgehead atoms. The van der Waals surface area contributed by atoms with E-state index in [2.05, 4.69) is 53.3 Å². The molecule has 1 aromatic rings. The molecule has 0 heterocycles. The second kappa shape index (κ2) is 10.4. The highest BCUT2D eigenvalue weighted by molar-refractivity contribution is 9.10. The van der Waals surface area contributed by atoms with Gasteiger partial charge in [0.1, 0.15) is 0 Å². The third kappa shape index (κ3) is 7.06. The number of rotatable bonds is 10. The molecule has 0 amide bonds. The van der Waals surface area contributed by atoms with Gasteiger partial charge in [0.25, 0.3) is 0 Å². The highest BCUT2D eigenvalue weighted by Crippen LogP contribution is 2.19. The number of benzene rings is 1. The molecule has 0 saturated heterocycles. The van der Waals surface area contributed by atoms with Crippen molar-refractivity contribution in [1.29, 1.82) is 0 Å². The van der Waals surface area contributed by atoms with Crippen molar-refractivity contribution in [2.24, 2.45) is 0 Å². The fourth-order valence-electron chi connectivity index (χ4n) is 1.63. The van der Waals surface area contributed by atoms with Gasteiger partial charge in [0.2, 0.25) is 0 Å². The first kappa shape index (κ1) is 16.6. The number of halogens is 1. The van der Waals surface area contributed by atoms with Crippen LogP contribution >= 0.6 is 15.9 Å². The zero-order valence-electron chi connectivity index (χ0n) is 11.9. The van der Waals surface area contributed by atoms with Crippen LogP contribution in [0.2, 0.25) is 0 Å². The lowest BCUT2D eigenvalue weighted by Gasteiger charge is -2.09. The summed E-state index contributed by atoms with van der Waals surface area (Å²) in [5.74, 6) is 0. The molecule has 1 N–H and O–H groups in total. The summed E-state index contributed by atoms with van der Waals surface area (Å²) in [5, 5.41) is 3.31. The van der Waals surface area contributed by atoms with Crippen LogP contribution in [0.1, 0.15) is 31.4 Å². The normalized spacial score (nSPS) is 10.9. The van der Waals surface area contributed by atoms with Crippen LogP contribution in [0.3, 0.4) is 0 Å². The average molecular weight is 330 g/mol. The van der Waals surface area contributed by atoms with Gasteiger partial charge in [0.15, 0.2) is 0 Å². The summed E-state index contributed by atoms with van der Waals surface area (Å²) in [6.07, 6.45) is 1.05. The van der Waals surface area contributed by atoms with Crippen molar-refractivity contribution < 1.29 is 9.47 Å². The molecular weight excluding hydrogens is 306 g/mol. The Balaban J connectivity index is 2.29. The number of hydrogen-bond donors (Lipinski definition) is 1. The minimum Gasteiger partial charge on any atom is -0.379 e. The summed E-state index contributed by atoms with van der Waals surface area (Å²) in [5.41, 5.74) is 2.46. The van der Waals surface area contributed by atoms with Crippen LogP contribution in [0.4, 0.5) is 0 Å². The van der Waals surface area contributed by atoms with Crippen molar-refractivity contribution in [2.45, 2.75) is 33.4 Å². The van der Waals surface area contributed by atoms with Gasteiger partial charge in [-0.3, -0.25) is 0 Å². The van der Waals surface area contributed by atoms with E-state index in [0.29, 0.717) is 19.8 Å². The molecule has 0 aromatic heterocycles. The van der Waals surface area contributed by atoms with Gasteiger partial charge in [-0.1, -0.05) is 41.9 Å². The molecule has 108 valence electrons. The molecule has 1 rings (SSSR count). The Morgan fingerprint density at radius 2 is 1.89 bits per heavy atom. The van der Waals surface area contributed by atoms with Crippen LogP contribution in [0.15, 0.2) is 22.7 Å². The highest BCUT2D eigenvalue weighted by atomic mass is 79.9. The van der Waals surface area contributed by atoms with E-state index >= 15 is 0 Å². The molecule has 0 unspecified atom stereocenters. The molecule has 1 aromatic carbocycles. The smallest absolute Gasteiger partial charge is 0.0728 e. The van der Waals surface area contributed by atoms with Crippen LogP contribution in [-0.4, -0.2) is 26.4 Å². The third-order valence-electron chi connectivity index (χ3n) is 2.67. The number of ether oxygens (including phenoxy) is 2. The first-order valence-electron chi connectivity index (χ1n) is 6.91. The molecule has 0 spiro atoms. The van der Waals surface area contributed by atoms with E-state index < -0.39 is 0 Å². The maximum Gasteiger partial charge on any atom is 0.0728 e. The van der Waals surface area contributed by atoms with E-state index in [4.69, 9.17) is 9.47 Å². The van der Waals surface area contributed by atoms with Gasteiger partial charge in [-0.2, -0.15) is 0 Å². The molecule has 0 atom stereocenters. The molecule has 3 nitrogen and oxygen atoms in total. The lowest BCUT2D eigenvalue weighted by molar-refractivity contribution is 0.0406. The predicted octanol–water partition coefficient (Wildman–Crippen LogP) is 3.50. The molecule has 0 fully saturated rings. The molecule has 4 heteroatoms. The summed E-state index contributed by atoms with van der Waals surface area (Å²) in [7, 11) is 0. The summed E-state index contributed by atoms with van der Waals surface area (Å²) >= 11 is 3.59. The van der Waals surface area contributed by atoms with Gasteiger partial charge in [-0.25, -0.2) is 0 Å². The minimum absolute atomic E-state index is 0.623. The van der Waals surface area contributed by atoms with E-state index in [1.807, 2.05) is 0 Å². The van der Waals surface area contributed by atoms with E-state index in [-0.39, 0.29) is 0 Å². The third-order valence-corrected chi connectivity index (χ3v) is 3.41. The largest absolute Gasteiger partial charge is 0.379 e. The predicted molar refractivity (Wildman–Crippen MR) is 82.3 cm³/mol. The van der Waals surface area contributed by atoms with E-state index in [0.717, 1.165) is 30.6 Å². The Hall–Kier alpha value is -0.420. The lowest BCUT2D eigenvalue weighted by Crippen LogP contribution is -2.11. The molecule has 0 aliphatic heterocycles. The minimum atomic E-state index is 0.623. The molecule has 0 aliphatic carbocycles. The first-order valence-corrected chi connectivity index (χ1v) is 7.70. The van der Waals surface area contributed by atoms with Gasteiger partial charge >= 0.3 is 0 Å². The molecule has 19 heavy (non-hydrogen) atoms. The van der Waals surface area contributed by atoms with Crippen molar-refractivity contribution in [3.05, 3.63) is 33.8 Å². The molecular formula is C15H24BrNO2. The molecule has 0 saturated carbocycles. The maximum atomic E-state index is 5.60. The van der Waals surface area contributed by atoms with Crippen molar-refractivity contribution >= 4 is 15.9 Å². The number of hydrogen-bond acceptors (Lipinski definition) is 3. The van der Waals surface area contributed by atoms with E-state index in [1.165, 1.54) is 11.1 Å². The van der Waals surface area contributed by atoms with Crippen molar-refractivity contribution in [2.75, 3.05) is 26.4 Å².